The van der Waals surface area contributed by atoms with Crippen molar-refractivity contribution in [2.45, 2.75) is 12.5 Å². The van der Waals surface area contributed by atoms with Gasteiger partial charge in [0.05, 0.1) is 13.2 Å². The van der Waals surface area contributed by atoms with Gasteiger partial charge in [0.1, 0.15) is 5.75 Å². The highest BCUT2D eigenvalue weighted by atomic mass is 16.5. The maximum Gasteiger partial charge on any atom is 0.118 e. The monoisotopic (exact) mass is 225 g/mol. The van der Waals surface area contributed by atoms with E-state index in [0.29, 0.717) is 6.04 Å². The zero-order chi connectivity index (χ0) is 11.7. The minimum atomic E-state index is 0.387. The first-order valence-electron chi connectivity index (χ1n) is 5.85. The fourth-order valence-electron chi connectivity index (χ4n) is 2.34. The van der Waals surface area contributed by atoms with E-state index in [1.807, 2.05) is 12.1 Å². The molecule has 0 fully saturated rings. The van der Waals surface area contributed by atoms with Crippen LogP contribution in [0.1, 0.15) is 17.2 Å². The van der Waals surface area contributed by atoms with Gasteiger partial charge in [-0.25, -0.2) is 0 Å². The van der Waals surface area contributed by atoms with Crippen LogP contribution in [0.25, 0.3) is 0 Å². The number of methoxy groups -OCH3 is 1. The van der Waals surface area contributed by atoms with Gasteiger partial charge in [0.2, 0.25) is 0 Å². The number of anilines is 1. The second-order valence-corrected chi connectivity index (χ2v) is 4.33. The lowest BCUT2D eigenvalue weighted by Gasteiger charge is -2.12. The highest BCUT2D eigenvalue weighted by Gasteiger charge is 2.20. The van der Waals surface area contributed by atoms with Crippen molar-refractivity contribution in [2.75, 3.05) is 12.4 Å². The van der Waals surface area contributed by atoms with E-state index >= 15 is 0 Å². The highest BCUT2D eigenvalue weighted by Crippen LogP contribution is 2.34. The van der Waals surface area contributed by atoms with E-state index in [1.165, 1.54) is 16.8 Å². The zero-order valence-electron chi connectivity index (χ0n) is 9.81. The SMILES string of the molecule is COc1ccc(C2Cc3ccccc3N2)cc1. The van der Waals surface area contributed by atoms with Crippen molar-refractivity contribution in [2.24, 2.45) is 0 Å². The molecule has 1 heterocycles. The molecular formula is C15H15NO. The van der Waals surface area contributed by atoms with Gasteiger partial charge in [-0.2, -0.15) is 0 Å². The number of ether oxygens (including phenoxy) is 1. The predicted molar refractivity (Wildman–Crippen MR) is 69.5 cm³/mol. The van der Waals surface area contributed by atoms with Crippen molar-refractivity contribution in [1.29, 1.82) is 0 Å². The van der Waals surface area contributed by atoms with E-state index in [1.54, 1.807) is 7.11 Å². The Labute approximate surface area is 101 Å². The average molecular weight is 225 g/mol. The van der Waals surface area contributed by atoms with Gasteiger partial charge in [-0.05, 0) is 35.7 Å². The Morgan fingerprint density at radius 2 is 1.82 bits per heavy atom. The molecular weight excluding hydrogens is 210 g/mol. The first-order chi connectivity index (χ1) is 8.36. The van der Waals surface area contributed by atoms with E-state index in [0.717, 1.165) is 12.2 Å². The molecule has 1 N–H and O–H groups in total. The van der Waals surface area contributed by atoms with Gasteiger partial charge >= 0.3 is 0 Å². The molecule has 2 aromatic carbocycles. The lowest BCUT2D eigenvalue weighted by Crippen LogP contribution is -2.05. The largest absolute Gasteiger partial charge is 0.497 e. The molecule has 2 nitrogen and oxygen atoms in total. The van der Waals surface area contributed by atoms with Crippen LogP contribution in [0.5, 0.6) is 5.75 Å². The van der Waals surface area contributed by atoms with Crippen LogP contribution < -0.4 is 10.1 Å². The second-order valence-electron chi connectivity index (χ2n) is 4.33. The van der Waals surface area contributed by atoms with Crippen LogP contribution in [0, 0.1) is 0 Å². The van der Waals surface area contributed by atoms with Gasteiger partial charge in [0.25, 0.3) is 0 Å². The van der Waals surface area contributed by atoms with Gasteiger partial charge in [0.15, 0.2) is 0 Å². The molecule has 1 aliphatic rings. The van der Waals surface area contributed by atoms with Crippen LogP contribution in [0.15, 0.2) is 48.5 Å². The summed E-state index contributed by atoms with van der Waals surface area (Å²) >= 11 is 0. The van der Waals surface area contributed by atoms with Crippen molar-refractivity contribution < 1.29 is 4.74 Å². The number of rotatable bonds is 2. The second kappa shape index (κ2) is 4.13. The summed E-state index contributed by atoms with van der Waals surface area (Å²) in [5.41, 5.74) is 3.96. The van der Waals surface area contributed by atoms with Crippen molar-refractivity contribution in [3.05, 3.63) is 59.7 Å². The molecule has 17 heavy (non-hydrogen) atoms. The van der Waals surface area contributed by atoms with Crippen molar-refractivity contribution in [3.63, 3.8) is 0 Å². The average Bonchev–Trinajstić information content (AvgIpc) is 2.82. The first kappa shape index (κ1) is 10.2. The molecule has 1 unspecified atom stereocenters. The number of hydrogen-bond donors (Lipinski definition) is 1. The quantitative estimate of drug-likeness (QED) is 0.845. The molecule has 0 saturated carbocycles. The van der Waals surface area contributed by atoms with E-state index in [4.69, 9.17) is 4.74 Å². The molecule has 2 aromatic rings. The first-order valence-corrected chi connectivity index (χ1v) is 5.85. The zero-order valence-corrected chi connectivity index (χ0v) is 9.81. The van der Waals surface area contributed by atoms with Crippen LogP contribution in [0.4, 0.5) is 5.69 Å². The number of benzene rings is 2. The summed E-state index contributed by atoms with van der Waals surface area (Å²) in [6.07, 6.45) is 1.06. The molecule has 1 aliphatic heterocycles. The molecule has 86 valence electrons. The molecule has 0 radical (unpaired) electrons. The van der Waals surface area contributed by atoms with Crippen LogP contribution in [-0.2, 0) is 6.42 Å². The number of nitrogens with one attached hydrogen (secondary N) is 1. The Morgan fingerprint density at radius 1 is 1.06 bits per heavy atom. The molecule has 0 amide bonds. The van der Waals surface area contributed by atoms with Crippen molar-refractivity contribution in [3.8, 4) is 5.75 Å². The topological polar surface area (TPSA) is 21.3 Å². The summed E-state index contributed by atoms with van der Waals surface area (Å²) in [4.78, 5) is 0. The summed E-state index contributed by atoms with van der Waals surface area (Å²) in [5, 5.41) is 3.55. The van der Waals surface area contributed by atoms with E-state index in [2.05, 4.69) is 41.7 Å². The third-order valence-electron chi connectivity index (χ3n) is 3.29. The number of para-hydroxylation sites is 1. The summed E-state index contributed by atoms with van der Waals surface area (Å²) < 4.78 is 5.17. The maximum atomic E-state index is 5.17. The molecule has 0 aliphatic carbocycles. The molecule has 0 spiro atoms. The minimum Gasteiger partial charge on any atom is -0.497 e. The standard InChI is InChI=1S/C15H15NO/c1-17-13-8-6-11(7-9-13)15-10-12-4-2-3-5-14(12)16-15/h2-9,15-16H,10H2,1H3. The van der Waals surface area contributed by atoms with Gasteiger partial charge in [-0.1, -0.05) is 30.3 Å². The van der Waals surface area contributed by atoms with Crippen LogP contribution in [-0.4, -0.2) is 7.11 Å². The fraction of sp³-hybridized carbons (Fsp3) is 0.200. The third-order valence-corrected chi connectivity index (χ3v) is 3.29. The van der Waals surface area contributed by atoms with Gasteiger partial charge in [0, 0.05) is 5.69 Å². The summed E-state index contributed by atoms with van der Waals surface area (Å²) in [7, 11) is 1.69. The predicted octanol–water partition coefficient (Wildman–Crippen LogP) is 3.40. The van der Waals surface area contributed by atoms with Crippen molar-refractivity contribution >= 4 is 5.69 Å². The Bertz CT molecular complexity index is 494. The maximum absolute atomic E-state index is 5.17. The molecule has 2 heteroatoms. The lowest BCUT2D eigenvalue weighted by molar-refractivity contribution is 0.414. The van der Waals surface area contributed by atoms with E-state index in [9.17, 15) is 0 Å². The molecule has 0 aromatic heterocycles. The summed E-state index contributed by atoms with van der Waals surface area (Å²) in [6, 6.07) is 17.2. The van der Waals surface area contributed by atoms with Crippen LogP contribution in [0.2, 0.25) is 0 Å². The number of hydrogen-bond acceptors (Lipinski definition) is 2. The number of fused-ring (bicyclic) bond motifs is 1. The Hall–Kier alpha value is -1.96. The molecule has 3 rings (SSSR count). The molecule has 0 saturated heterocycles. The third kappa shape index (κ3) is 1.86. The van der Waals surface area contributed by atoms with Crippen LogP contribution in [0.3, 0.4) is 0 Å². The van der Waals surface area contributed by atoms with Gasteiger partial charge in [-0.15, -0.1) is 0 Å². The smallest absolute Gasteiger partial charge is 0.118 e. The summed E-state index contributed by atoms with van der Waals surface area (Å²) in [5.74, 6) is 0.907. The van der Waals surface area contributed by atoms with Gasteiger partial charge in [-0.3, -0.25) is 0 Å². The van der Waals surface area contributed by atoms with Crippen LogP contribution >= 0.6 is 0 Å². The fourth-order valence-corrected chi connectivity index (χ4v) is 2.34. The molecule has 0 bridgehead atoms. The molecule has 1 atom stereocenters. The highest BCUT2D eigenvalue weighted by molar-refractivity contribution is 5.58. The Kier molecular flexibility index (Phi) is 2.48. The van der Waals surface area contributed by atoms with Gasteiger partial charge < -0.3 is 10.1 Å². The summed E-state index contributed by atoms with van der Waals surface area (Å²) in [6.45, 7) is 0. The van der Waals surface area contributed by atoms with E-state index in [-0.39, 0.29) is 0 Å². The van der Waals surface area contributed by atoms with E-state index < -0.39 is 0 Å². The Morgan fingerprint density at radius 3 is 2.53 bits per heavy atom. The lowest BCUT2D eigenvalue weighted by atomic mass is 10.0. The van der Waals surface area contributed by atoms with Crippen molar-refractivity contribution in [1.82, 2.24) is 0 Å². The minimum absolute atomic E-state index is 0.387. The Balaban J connectivity index is 1.83. The normalized spacial score (nSPS) is 17.4.